The van der Waals surface area contributed by atoms with Crippen LogP contribution in [0.15, 0.2) is 18.2 Å². The highest BCUT2D eigenvalue weighted by Gasteiger charge is 2.25. The Kier molecular flexibility index (Phi) is 5.34. The molecule has 0 spiro atoms. The van der Waals surface area contributed by atoms with Crippen molar-refractivity contribution in [3.8, 4) is 0 Å². The van der Waals surface area contributed by atoms with Gasteiger partial charge in [0.25, 0.3) is 0 Å². The molecule has 0 bridgehead atoms. The second kappa shape index (κ2) is 6.78. The van der Waals surface area contributed by atoms with E-state index in [0.29, 0.717) is 12.0 Å². The molecule has 0 aromatic heterocycles. The van der Waals surface area contributed by atoms with Crippen LogP contribution in [-0.4, -0.2) is 24.1 Å². The molecule has 0 saturated carbocycles. The van der Waals surface area contributed by atoms with Crippen LogP contribution in [0.25, 0.3) is 0 Å². The summed E-state index contributed by atoms with van der Waals surface area (Å²) < 4.78 is 13.4. The van der Waals surface area contributed by atoms with Crippen molar-refractivity contribution in [2.45, 2.75) is 25.8 Å². The number of likely N-dealkylation sites (N-methyl/N-ethyl adjacent to an activating group) is 1. The van der Waals surface area contributed by atoms with Crippen LogP contribution >= 0.6 is 23.4 Å². The molecule has 0 amide bonds. The Morgan fingerprint density at radius 1 is 1.56 bits per heavy atom. The molecule has 1 nitrogen and oxygen atoms in total. The van der Waals surface area contributed by atoms with Gasteiger partial charge in [0.1, 0.15) is 5.82 Å². The fourth-order valence-corrected chi connectivity index (χ4v) is 3.91. The Morgan fingerprint density at radius 3 is 3.00 bits per heavy atom. The fourth-order valence-electron chi connectivity index (χ4n) is 2.46. The highest BCUT2D eigenvalue weighted by atomic mass is 35.5. The normalized spacial score (nSPS) is 21.2. The zero-order chi connectivity index (χ0) is 13.0. The second-order valence-electron chi connectivity index (χ2n) is 4.74. The van der Waals surface area contributed by atoms with E-state index in [4.69, 9.17) is 11.6 Å². The molecule has 0 aliphatic carbocycles. The van der Waals surface area contributed by atoms with Gasteiger partial charge in [-0.3, -0.25) is 0 Å². The molecular formula is C14H19ClFNS. The SMILES string of the molecule is CCNC(Cc1ccc(Cl)c(F)c1)C1CCSC1. The lowest BCUT2D eigenvalue weighted by atomic mass is 9.93. The molecule has 1 heterocycles. The van der Waals surface area contributed by atoms with Crippen molar-refractivity contribution in [1.82, 2.24) is 5.32 Å². The van der Waals surface area contributed by atoms with Crippen molar-refractivity contribution in [2.75, 3.05) is 18.1 Å². The van der Waals surface area contributed by atoms with Crippen LogP contribution in [-0.2, 0) is 6.42 Å². The number of halogens is 2. The molecule has 18 heavy (non-hydrogen) atoms. The fraction of sp³-hybridized carbons (Fsp3) is 0.571. The van der Waals surface area contributed by atoms with Gasteiger partial charge >= 0.3 is 0 Å². The molecular weight excluding hydrogens is 269 g/mol. The summed E-state index contributed by atoms with van der Waals surface area (Å²) in [5.41, 5.74) is 1.03. The third-order valence-corrected chi connectivity index (χ3v) is 4.93. The van der Waals surface area contributed by atoms with Crippen LogP contribution in [0, 0.1) is 11.7 Å². The summed E-state index contributed by atoms with van der Waals surface area (Å²) >= 11 is 7.73. The van der Waals surface area contributed by atoms with Crippen molar-refractivity contribution in [3.05, 3.63) is 34.6 Å². The van der Waals surface area contributed by atoms with Gasteiger partial charge in [-0.1, -0.05) is 24.6 Å². The summed E-state index contributed by atoms with van der Waals surface area (Å²) in [5, 5.41) is 3.74. The van der Waals surface area contributed by atoms with Crippen molar-refractivity contribution >= 4 is 23.4 Å². The third-order valence-electron chi connectivity index (χ3n) is 3.44. The summed E-state index contributed by atoms with van der Waals surface area (Å²) in [6.07, 6.45) is 2.14. The van der Waals surface area contributed by atoms with Gasteiger partial charge in [0, 0.05) is 6.04 Å². The Balaban J connectivity index is 2.04. The van der Waals surface area contributed by atoms with E-state index in [2.05, 4.69) is 12.2 Å². The molecule has 100 valence electrons. The molecule has 4 heteroatoms. The molecule has 1 aliphatic rings. The highest BCUT2D eigenvalue weighted by Crippen LogP contribution is 2.28. The quantitative estimate of drug-likeness (QED) is 0.885. The molecule has 1 aliphatic heterocycles. The lowest BCUT2D eigenvalue weighted by Gasteiger charge is -2.24. The van der Waals surface area contributed by atoms with Gasteiger partial charge in [-0.05, 0) is 54.5 Å². The topological polar surface area (TPSA) is 12.0 Å². The smallest absolute Gasteiger partial charge is 0.142 e. The van der Waals surface area contributed by atoms with Crippen molar-refractivity contribution in [3.63, 3.8) is 0 Å². The van der Waals surface area contributed by atoms with Gasteiger partial charge in [0.05, 0.1) is 5.02 Å². The molecule has 1 saturated heterocycles. The van der Waals surface area contributed by atoms with Crippen LogP contribution in [0.3, 0.4) is 0 Å². The molecule has 2 rings (SSSR count). The van der Waals surface area contributed by atoms with Crippen molar-refractivity contribution in [1.29, 1.82) is 0 Å². The van der Waals surface area contributed by atoms with Crippen LogP contribution in [0.5, 0.6) is 0 Å². The average Bonchev–Trinajstić information content (AvgIpc) is 2.87. The summed E-state index contributed by atoms with van der Waals surface area (Å²) in [4.78, 5) is 0. The monoisotopic (exact) mass is 287 g/mol. The summed E-state index contributed by atoms with van der Waals surface area (Å²) in [5.74, 6) is 2.86. The van der Waals surface area contributed by atoms with Crippen LogP contribution in [0.4, 0.5) is 4.39 Å². The first-order chi connectivity index (χ1) is 8.70. The van der Waals surface area contributed by atoms with E-state index in [1.807, 2.05) is 17.8 Å². The first-order valence-electron chi connectivity index (χ1n) is 6.45. The van der Waals surface area contributed by atoms with Gasteiger partial charge in [-0.2, -0.15) is 11.8 Å². The molecule has 1 aromatic rings. The Morgan fingerprint density at radius 2 is 2.39 bits per heavy atom. The number of hydrogen-bond acceptors (Lipinski definition) is 2. The number of nitrogens with one attached hydrogen (secondary N) is 1. The third kappa shape index (κ3) is 3.62. The Bertz CT molecular complexity index is 393. The van der Waals surface area contributed by atoms with E-state index in [9.17, 15) is 4.39 Å². The maximum atomic E-state index is 13.4. The van der Waals surface area contributed by atoms with E-state index in [0.717, 1.165) is 18.5 Å². The minimum absolute atomic E-state index is 0.204. The van der Waals surface area contributed by atoms with Crippen molar-refractivity contribution < 1.29 is 4.39 Å². The molecule has 1 aromatic carbocycles. The van der Waals surface area contributed by atoms with E-state index in [1.54, 1.807) is 12.1 Å². The van der Waals surface area contributed by atoms with Gasteiger partial charge in [-0.15, -0.1) is 0 Å². The first kappa shape index (κ1) is 14.2. The van der Waals surface area contributed by atoms with Crippen molar-refractivity contribution in [2.24, 2.45) is 5.92 Å². The minimum Gasteiger partial charge on any atom is -0.314 e. The number of thioether (sulfide) groups is 1. The van der Waals surface area contributed by atoms with Crippen LogP contribution in [0.1, 0.15) is 18.9 Å². The molecule has 1 fully saturated rings. The largest absolute Gasteiger partial charge is 0.314 e. The van der Waals surface area contributed by atoms with Crippen LogP contribution in [0.2, 0.25) is 5.02 Å². The molecule has 1 N–H and O–H groups in total. The molecule has 2 unspecified atom stereocenters. The lowest BCUT2D eigenvalue weighted by Crippen LogP contribution is -2.38. The number of hydrogen-bond donors (Lipinski definition) is 1. The van der Waals surface area contributed by atoms with E-state index in [1.165, 1.54) is 17.9 Å². The van der Waals surface area contributed by atoms with E-state index < -0.39 is 0 Å². The zero-order valence-corrected chi connectivity index (χ0v) is 12.2. The first-order valence-corrected chi connectivity index (χ1v) is 7.99. The molecule has 0 radical (unpaired) electrons. The summed E-state index contributed by atoms with van der Waals surface area (Å²) in [7, 11) is 0. The minimum atomic E-state index is -0.315. The van der Waals surface area contributed by atoms with Crippen LogP contribution < -0.4 is 5.32 Å². The Labute approximate surface area is 117 Å². The maximum Gasteiger partial charge on any atom is 0.142 e. The lowest BCUT2D eigenvalue weighted by molar-refractivity contribution is 0.386. The zero-order valence-electron chi connectivity index (χ0n) is 10.6. The number of benzene rings is 1. The van der Waals surface area contributed by atoms with Gasteiger partial charge in [0.2, 0.25) is 0 Å². The highest BCUT2D eigenvalue weighted by molar-refractivity contribution is 7.99. The van der Waals surface area contributed by atoms with Gasteiger partial charge in [0.15, 0.2) is 0 Å². The average molecular weight is 288 g/mol. The van der Waals surface area contributed by atoms with E-state index >= 15 is 0 Å². The second-order valence-corrected chi connectivity index (χ2v) is 6.30. The predicted octanol–water partition coefficient (Wildman–Crippen LogP) is 3.75. The van der Waals surface area contributed by atoms with Gasteiger partial charge < -0.3 is 5.32 Å². The molecule has 2 atom stereocenters. The number of rotatable bonds is 5. The van der Waals surface area contributed by atoms with E-state index in [-0.39, 0.29) is 10.8 Å². The van der Waals surface area contributed by atoms with Gasteiger partial charge in [-0.25, -0.2) is 4.39 Å². The predicted molar refractivity (Wildman–Crippen MR) is 78.0 cm³/mol. The standard InChI is InChI=1S/C14H19ClFNS/c1-2-17-14(11-5-6-18-9-11)8-10-3-4-12(15)13(16)7-10/h3-4,7,11,14,17H,2,5-6,8-9H2,1H3. The summed E-state index contributed by atoms with van der Waals surface area (Å²) in [6, 6.07) is 5.59. The summed E-state index contributed by atoms with van der Waals surface area (Å²) in [6.45, 7) is 3.08. The maximum absolute atomic E-state index is 13.4. The Hall–Kier alpha value is -0.250.